The summed E-state index contributed by atoms with van der Waals surface area (Å²) in [4.78, 5) is 52.0. The second-order valence-corrected chi connectivity index (χ2v) is 14.0. The average molecular weight is 593 g/mol. The summed E-state index contributed by atoms with van der Waals surface area (Å²) in [7, 11) is 1.62. The molecule has 0 spiro atoms. The van der Waals surface area contributed by atoms with Crippen LogP contribution in [0.1, 0.15) is 84.8 Å². The highest BCUT2D eigenvalue weighted by Crippen LogP contribution is 2.53. The third-order valence-electron chi connectivity index (χ3n) is 9.81. The molecule has 3 fully saturated rings. The molecule has 1 aromatic heterocycles. The fraction of sp³-hybridized carbons (Fsp3) is 0.667. The lowest BCUT2D eigenvalue weighted by atomic mass is 9.85. The molecule has 2 aliphatic carbocycles. The van der Waals surface area contributed by atoms with Gasteiger partial charge in [0.15, 0.2) is 5.78 Å². The van der Waals surface area contributed by atoms with Gasteiger partial charge in [0.1, 0.15) is 29.7 Å². The average Bonchev–Trinajstić information content (AvgIpc) is 3.86. The molecular weight excluding hydrogens is 548 g/mol. The van der Waals surface area contributed by atoms with Crippen LogP contribution in [0.25, 0.3) is 11.0 Å². The van der Waals surface area contributed by atoms with E-state index in [1.165, 1.54) is 6.92 Å². The van der Waals surface area contributed by atoms with Crippen LogP contribution >= 0.6 is 0 Å². The number of ketones is 1. The first-order valence-electron chi connectivity index (χ1n) is 15.8. The Morgan fingerprint density at radius 2 is 1.84 bits per heavy atom. The predicted molar refractivity (Wildman–Crippen MR) is 160 cm³/mol. The number of alkyl carbamates (subject to hydrolysis) is 1. The van der Waals surface area contributed by atoms with Gasteiger partial charge in [-0.15, -0.1) is 0 Å². The number of carbonyl (C=O) groups excluding carboxylic acids is 3. The number of hydrogen-bond donors (Lipinski definition) is 1. The van der Waals surface area contributed by atoms with E-state index in [0.29, 0.717) is 35.4 Å². The first kappa shape index (κ1) is 29.6. The zero-order valence-electron chi connectivity index (χ0n) is 26.1. The molecule has 232 valence electrons. The first-order chi connectivity index (χ1) is 20.5. The molecule has 4 aliphatic rings. The maximum Gasteiger partial charge on any atom is 0.408 e. The molecule has 2 saturated carbocycles. The molecule has 8 atom stereocenters. The molecule has 2 bridgehead atoms. The van der Waals surface area contributed by atoms with Crippen molar-refractivity contribution in [3.8, 4) is 11.6 Å². The van der Waals surface area contributed by atoms with E-state index in [1.807, 2.05) is 45.9 Å². The number of ether oxygens (including phenoxy) is 3. The normalized spacial score (nSPS) is 32.7. The molecule has 6 rings (SSSR count). The highest BCUT2D eigenvalue weighted by atomic mass is 16.6. The molecule has 1 saturated heterocycles. The van der Waals surface area contributed by atoms with Crippen LogP contribution in [0.3, 0.4) is 0 Å². The Bertz CT molecular complexity index is 1420. The van der Waals surface area contributed by atoms with E-state index in [1.54, 1.807) is 12.0 Å². The van der Waals surface area contributed by atoms with E-state index in [0.717, 1.165) is 43.3 Å². The Labute approximate surface area is 253 Å². The van der Waals surface area contributed by atoms with Gasteiger partial charge in [-0.05, 0) is 68.4 Å². The van der Waals surface area contributed by atoms with Gasteiger partial charge in [-0.1, -0.05) is 34.1 Å². The number of nitrogens with zero attached hydrogens (tertiary/aromatic N) is 3. The SMILES string of the molecule is CC[C@@H]1[C@@H]2CN(C(=O)[C@H](C(C)(C)C)NC(=O)O[C@@H]3C[C@H]3CCCC3CC3c3nc4ccc(OC)cc4nc3O2)[C@@H]1C(C)=O. The molecule has 2 unspecified atom stereocenters. The Hall–Kier alpha value is -3.43. The third kappa shape index (κ3) is 5.89. The van der Waals surface area contributed by atoms with Crippen molar-refractivity contribution >= 4 is 28.8 Å². The van der Waals surface area contributed by atoms with E-state index >= 15 is 0 Å². The van der Waals surface area contributed by atoms with Crippen LogP contribution in [-0.4, -0.2) is 70.6 Å². The topological polar surface area (TPSA) is 120 Å². The van der Waals surface area contributed by atoms with Crippen LogP contribution in [0, 0.1) is 23.2 Å². The monoisotopic (exact) mass is 592 g/mol. The van der Waals surface area contributed by atoms with Crippen molar-refractivity contribution in [2.45, 2.75) is 103 Å². The van der Waals surface area contributed by atoms with Gasteiger partial charge in [-0.25, -0.2) is 14.8 Å². The van der Waals surface area contributed by atoms with Gasteiger partial charge < -0.3 is 24.4 Å². The highest BCUT2D eigenvalue weighted by Gasteiger charge is 2.51. The quantitative estimate of drug-likeness (QED) is 0.527. The number of Topliss-reactive ketones (excluding diaryl/α,β-unsaturated/α-hetero) is 1. The number of aromatic nitrogens is 2. The van der Waals surface area contributed by atoms with E-state index in [4.69, 9.17) is 24.2 Å². The minimum atomic E-state index is -0.870. The van der Waals surface area contributed by atoms with E-state index < -0.39 is 29.7 Å². The number of benzene rings is 1. The molecule has 1 aromatic carbocycles. The fourth-order valence-corrected chi connectivity index (χ4v) is 7.18. The maximum absolute atomic E-state index is 14.2. The summed E-state index contributed by atoms with van der Waals surface area (Å²) in [6.07, 6.45) is 4.49. The lowest BCUT2D eigenvalue weighted by molar-refractivity contribution is -0.141. The van der Waals surface area contributed by atoms with Crippen molar-refractivity contribution in [2.24, 2.45) is 23.2 Å². The van der Waals surface area contributed by atoms with Crippen molar-refractivity contribution in [1.82, 2.24) is 20.2 Å². The molecule has 2 aliphatic heterocycles. The van der Waals surface area contributed by atoms with Crippen LogP contribution in [-0.2, 0) is 14.3 Å². The minimum Gasteiger partial charge on any atom is -0.497 e. The second-order valence-electron chi connectivity index (χ2n) is 14.0. The van der Waals surface area contributed by atoms with Crippen LogP contribution in [0.4, 0.5) is 4.79 Å². The van der Waals surface area contributed by atoms with Gasteiger partial charge in [0.05, 0.1) is 30.7 Å². The van der Waals surface area contributed by atoms with Gasteiger partial charge >= 0.3 is 6.09 Å². The number of amides is 2. The summed E-state index contributed by atoms with van der Waals surface area (Å²) >= 11 is 0. The molecule has 3 heterocycles. The standard InChI is InChI=1S/C33H44N4O6/c1-7-21-26-16-37(28(21)17(2)38)31(39)29(33(3,4)5)36-32(40)43-25-14-19(25)10-8-9-18-13-22(18)27-30(42-26)35-24-15-20(41-6)11-12-23(24)34-27/h11-12,15,18-19,21-22,25-26,28-29H,7-10,13-14,16H2,1-6H3,(H,36,40)/t18?,19-,21-,22?,25-,26+,28-,29-/m1/s1. The van der Waals surface area contributed by atoms with Crippen LogP contribution in [0.2, 0.25) is 0 Å². The number of hydrogen-bond acceptors (Lipinski definition) is 8. The van der Waals surface area contributed by atoms with Crippen molar-refractivity contribution in [1.29, 1.82) is 0 Å². The van der Waals surface area contributed by atoms with Gasteiger partial charge in [0, 0.05) is 17.9 Å². The summed E-state index contributed by atoms with van der Waals surface area (Å²) in [6, 6.07) is 4.12. The van der Waals surface area contributed by atoms with Crippen molar-refractivity contribution in [2.75, 3.05) is 13.7 Å². The van der Waals surface area contributed by atoms with Gasteiger partial charge in [0.25, 0.3) is 0 Å². The molecule has 0 radical (unpaired) electrons. The zero-order chi connectivity index (χ0) is 30.6. The molecule has 2 amide bonds. The molecular formula is C33H44N4O6. The van der Waals surface area contributed by atoms with E-state index in [9.17, 15) is 14.4 Å². The Balaban J connectivity index is 1.40. The molecule has 1 N–H and O–H groups in total. The Kier molecular flexibility index (Phi) is 7.75. The van der Waals surface area contributed by atoms with Crippen LogP contribution < -0.4 is 14.8 Å². The summed E-state index contributed by atoms with van der Waals surface area (Å²) in [5, 5.41) is 2.86. The molecule has 43 heavy (non-hydrogen) atoms. The van der Waals surface area contributed by atoms with E-state index in [2.05, 4.69) is 5.32 Å². The summed E-state index contributed by atoms with van der Waals surface area (Å²) in [5.41, 5.74) is 1.71. The second kappa shape index (κ2) is 11.2. The van der Waals surface area contributed by atoms with E-state index in [-0.39, 0.29) is 36.2 Å². The number of fused-ring (bicyclic) bond motifs is 7. The largest absolute Gasteiger partial charge is 0.497 e. The summed E-state index contributed by atoms with van der Waals surface area (Å²) in [6.45, 7) is 9.46. The van der Waals surface area contributed by atoms with Gasteiger partial charge in [-0.2, -0.15) is 0 Å². The lowest BCUT2D eigenvalue weighted by Gasteiger charge is -2.35. The number of rotatable bonds is 3. The summed E-state index contributed by atoms with van der Waals surface area (Å²) < 4.78 is 17.9. The first-order valence-corrected chi connectivity index (χ1v) is 15.8. The van der Waals surface area contributed by atoms with Crippen LogP contribution in [0.15, 0.2) is 18.2 Å². The van der Waals surface area contributed by atoms with Crippen LogP contribution in [0.5, 0.6) is 11.6 Å². The van der Waals surface area contributed by atoms with Gasteiger partial charge in [0.2, 0.25) is 11.8 Å². The Morgan fingerprint density at radius 3 is 2.53 bits per heavy atom. The molecule has 10 heteroatoms. The van der Waals surface area contributed by atoms with Crippen molar-refractivity contribution < 1.29 is 28.6 Å². The fourth-order valence-electron chi connectivity index (χ4n) is 7.18. The zero-order valence-corrected chi connectivity index (χ0v) is 26.1. The van der Waals surface area contributed by atoms with Crippen molar-refractivity contribution in [3.05, 3.63) is 23.9 Å². The smallest absolute Gasteiger partial charge is 0.408 e. The summed E-state index contributed by atoms with van der Waals surface area (Å²) in [5.74, 6) is 1.60. The van der Waals surface area contributed by atoms with Crippen molar-refractivity contribution in [3.63, 3.8) is 0 Å². The maximum atomic E-state index is 14.2. The minimum absolute atomic E-state index is 0.106. The number of nitrogens with one attached hydrogen (secondary N) is 1. The Morgan fingerprint density at radius 1 is 1.07 bits per heavy atom. The highest BCUT2D eigenvalue weighted by molar-refractivity contribution is 5.92. The molecule has 2 aromatic rings. The third-order valence-corrected chi connectivity index (χ3v) is 9.81. The van der Waals surface area contributed by atoms with Gasteiger partial charge in [-0.3, -0.25) is 9.59 Å². The number of carbonyl (C=O) groups is 3. The molecule has 10 nitrogen and oxygen atoms in total. The lowest BCUT2D eigenvalue weighted by Crippen LogP contribution is -2.57. The predicted octanol–water partition coefficient (Wildman–Crippen LogP) is 5.03. The number of methoxy groups -OCH3 is 1.